The van der Waals surface area contributed by atoms with Crippen molar-refractivity contribution in [2.75, 3.05) is 32.0 Å². The number of nitrogens with one attached hydrogen (secondary N) is 2. The monoisotopic (exact) mass is 398 g/mol. The lowest BCUT2D eigenvalue weighted by atomic mass is 10.1. The van der Waals surface area contributed by atoms with Gasteiger partial charge in [0.25, 0.3) is 0 Å². The molecule has 154 valence electrons. The molecule has 1 saturated carbocycles. The van der Waals surface area contributed by atoms with Gasteiger partial charge in [-0.2, -0.15) is 0 Å². The van der Waals surface area contributed by atoms with E-state index in [-0.39, 0.29) is 23.7 Å². The fourth-order valence-electron chi connectivity index (χ4n) is 3.34. The Bertz CT molecular complexity index is 916. The van der Waals surface area contributed by atoms with Crippen LogP contribution in [0.2, 0.25) is 0 Å². The summed E-state index contributed by atoms with van der Waals surface area (Å²) in [5.41, 5.74) is 3.42. The molecular weight excluding hydrogens is 372 g/mol. The minimum atomic E-state index is -0.361. The summed E-state index contributed by atoms with van der Waals surface area (Å²) in [4.78, 5) is 25.1. The number of ether oxygens (including phenoxy) is 3. The number of anilines is 2. The maximum absolute atomic E-state index is 12.6. The van der Waals surface area contributed by atoms with E-state index in [9.17, 15) is 9.59 Å². The van der Waals surface area contributed by atoms with E-state index in [1.807, 2.05) is 32.0 Å². The molecule has 1 fully saturated rings. The molecule has 2 N–H and O–H groups in total. The molecule has 0 radical (unpaired) electrons. The first-order valence-electron chi connectivity index (χ1n) is 9.37. The van der Waals surface area contributed by atoms with Crippen LogP contribution >= 0.6 is 0 Å². The minimum Gasteiger partial charge on any atom is -0.493 e. The molecule has 7 nitrogen and oxygen atoms in total. The van der Waals surface area contributed by atoms with Crippen molar-refractivity contribution >= 4 is 23.2 Å². The molecule has 2 aromatic carbocycles. The van der Waals surface area contributed by atoms with Gasteiger partial charge >= 0.3 is 0 Å². The average molecular weight is 398 g/mol. The van der Waals surface area contributed by atoms with E-state index in [1.54, 1.807) is 12.1 Å². The van der Waals surface area contributed by atoms with Gasteiger partial charge in [-0.05, 0) is 31.9 Å². The molecule has 3 rings (SSSR count). The van der Waals surface area contributed by atoms with Crippen LogP contribution in [0.3, 0.4) is 0 Å². The maximum Gasteiger partial charge on any atom is 0.228 e. The Kier molecular flexibility index (Phi) is 5.96. The summed E-state index contributed by atoms with van der Waals surface area (Å²) in [7, 11) is 4.54. The van der Waals surface area contributed by atoms with E-state index in [0.29, 0.717) is 29.4 Å². The second kappa shape index (κ2) is 8.43. The van der Waals surface area contributed by atoms with Crippen LogP contribution in [0.1, 0.15) is 17.5 Å². The van der Waals surface area contributed by atoms with E-state index in [1.165, 1.54) is 21.3 Å². The van der Waals surface area contributed by atoms with Gasteiger partial charge in [-0.25, -0.2) is 0 Å². The first-order chi connectivity index (χ1) is 13.9. The molecule has 1 aliphatic rings. The van der Waals surface area contributed by atoms with E-state index in [4.69, 9.17) is 14.2 Å². The van der Waals surface area contributed by atoms with E-state index >= 15 is 0 Å². The van der Waals surface area contributed by atoms with Crippen LogP contribution in [0.4, 0.5) is 11.4 Å². The van der Waals surface area contributed by atoms with E-state index in [0.717, 1.165) is 16.8 Å². The number of aryl methyl sites for hydroxylation is 2. The lowest BCUT2D eigenvalue weighted by Gasteiger charge is -2.14. The van der Waals surface area contributed by atoms with Gasteiger partial charge in [-0.15, -0.1) is 0 Å². The van der Waals surface area contributed by atoms with Gasteiger partial charge in [0, 0.05) is 23.5 Å². The third kappa shape index (κ3) is 4.45. The lowest BCUT2D eigenvalue weighted by molar-refractivity contribution is -0.122. The van der Waals surface area contributed by atoms with Gasteiger partial charge in [0.1, 0.15) is 0 Å². The number of hydrogen-bond donors (Lipinski definition) is 2. The Labute approximate surface area is 170 Å². The highest BCUT2D eigenvalue weighted by atomic mass is 16.5. The molecule has 0 aliphatic heterocycles. The van der Waals surface area contributed by atoms with Crippen LogP contribution in [0.15, 0.2) is 30.3 Å². The van der Waals surface area contributed by atoms with Crippen molar-refractivity contribution in [3.8, 4) is 17.2 Å². The third-order valence-electron chi connectivity index (χ3n) is 5.04. The second-order valence-electron chi connectivity index (χ2n) is 7.16. The Morgan fingerprint density at radius 2 is 1.45 bits per heavy atom. The molecular formula is C22H26N2O5. The third-order valence-corrected chi connectivity index (χ3v) is 5.04. The van der Waals surface area contributed by atoms with Crippen LogP contribution in [-0.2, 0) is 9.59 Å². The number of carbonyl (C=O) groups is 2. The zero-order valence-electron chi connectivity index (χ0n) is 17.3. The summed E-state index contributed by atoms with van der Waals surface area (Å²) in [6.07, 6.45) is 0.521. The van der Waals surface area contributed by atoms with Gasteiger partial charge in [0.05, 0.1) is 33.2 Å². The van der Waals surface area contributed by atoms with Crippen LogP contribution < -0.4 is 24.8 Å². The van der Waals surface area contributed by atoms with Crippen LogP contribution in [-0.4, -0.2) is 33.1 Å². The predicted molar refractivity (Wildman–Crippen MR) is 111 cm³/mol. The van der Waals surface area contributed by atoms with Crippen LogP contribution in [0.5, 0.6) is 17.2 Å². The summed E-state index contributed by atoms with van der Waals surface area (Å²) in [6, 6.07) is 9.16. The van der Waals surface area contributed by atoms with Crippen molar-refractivity contribution < 1.29 is 23.8 Å². The molecule has 7 heteroatoms. The van der Waals surface area contributed by atoms with Crippen molar-refractivity contribution in [2.24, 2.45) is 11.8 Å². The quantitative estimate of drug-likeness (QED) is 0.745. The summed E-state index contributed by atoms with van der Waals surface area (Å²) in [6.45, 7) is 3.95. The van der Waals surface area contributed by atoms with Gasteiger partial charge in [-0.1, -0.05) is 17.7 Å². The van der Waals surface area contributed by atoms with Gasteiger partial charge in [0.15, 0.2) is 11.5 Å². The normalized spacial score (nSPS) is 17.3. The number of amides is 2. The van der Waals surface area contributed by atoms with Crippen molar-refractivity contribution in [1.82, 2.24) is 0 Å². The molecule has 0 saturated heterocycles. The smallest absolute Gasteiger partial charge is 0.228 e. The fraction of sp³-hybridized carbons (Fsp3) is 0.364. The van der Waals surface area contributed by atoms with Crippen molar-refractivity contribution in [1.29, 1.82) is 0 Å². The number of benzene rings is 2. The standard InChI is InChI=1S/C22H26N2O5/c1-12-6-7-17(13(2)8-12)24-22(26)16-11-15(16)21(25)23-14-9-18(27-3)20(29-5)19(10-14)28-4/h6-10,15-16H,11H2,1-5H3,(H,23,25)(H,24,26). The highest BCUT2D eigenvalue weighted by Gasteiger charge is 2.48. The maximum atomic E-state index is 12.6. The SMILES string of the molecule is COc1cc(NC(=O)C2CC2C(=O)Nc2ccc(C)cc2C)cc(OC)c1OC. The first-order valence-corrected chi connectivity index (χ1v) is 9.37. The van der Waals surface area contributed by atoms with Crippen LogP contribution in [0.25, 0.3) is 0 Å². The fourth-order valence-corrected chi connectivity index (χ4v) is 3.34. The van der Waals surface area contributed by atoms with E-state index < -0.39 is 0 Å². The first kappa shape index (κ1) is 20.5. The van der Waals surface area contributed by atoms with Gasteiger partial charge in [-0.3, -0.25) is 9.59 Å². The Balaban J connectivity index is 1.65. The minimum absolute atomic E-state index is 0.137. The lowest BCUT2D eigenvalue weighted by Crippen LogP contribution is -2.21. The summed E-state index contributed by atoms with van der Waals surface area (Å²) < 4.78 is 15.9. The summed E-state index contributed by atoms with van der Waals surface area (Å²) in [5, 5.41) is 5.76. The zero-order chi connectivity index (χ0) is 21.1. The molecule has 1 aliphatic carbocycles. The topological polar surface area (TPSA) is 85.9 Å². The molecule has 2 amide bonds. The van der Waals surface area contributed by atoms with Crippen molar-refractivity contribution in [2.45, 2.75) is 20.3 Å². The zero-order valence-corrected chi connectivity index (χ0v) is 17.3. The molecule has 2 unspecified atom stereocenters. The largest absolute Gasteiger partial charge is 0.493 e. The molecule has 2 atom stereocenters. The van der Waals surface area contributed by atoms with Crippen molar-refractivity contribution in [3.63, 3.8) is 0 Å². The molecule has 29 heavy (non-hydrogen) atoms. The average Bonchev–Trinajstić information content (AvgIpc) is 3.50. The summed E-state index contributed by atoms with van der Waals surface area (Å²) in [5.74, 6) is 0.300. The number of methoxy groups -OCH3 is 3. The Hall–Kier alpha value is -3.22. The van der Waals surface area contributed by atoms with Gasteiger partial charge < -0.3 is 24.8 Å². The predicted octanol–water partition coefficient (Wildman–Crippen LogP) is 3.54. The molecule has 0 bridgehead atoms. The molecule has 0 aromatic heterocycles. The highest BCUT2D eigenvalue weighted by molar-refractivity contribution is 6.03. The van der Waals surface area contributed by atoms with Crippen molar-refractivity contribution in [3.05, 3.63) is 41.5 Å². The molecule has 2 aromatic rings. The molecule has 0 spiro atoms. The van der Waals surface area contributed by atoms with E-state index in [2.05, 4.69) is 10.6 Å². The highest BCUT2D eigenvalue weighted by Crippen LogP contribution is 2.43. The van der Waals surface area contributed by atoms with Crippen LogP contribution in [0, 0.1) is 25.7 Å². The number of rotatable bonds is 7. The Morgan fingerprint density at radius 1 is 0.862 bits per heavy atom. The Morgan fingerprint density at radius 3 is 1.97 bits per heavy atom. The second-order valence-corrected chi connectivity index (χ2v) is 7.16. The van der Waals surface area contributed by atoms with Gasteiger partial charge in [0.2, 0.25) is 17.6 Å². The number of hydrogen-bond acceptors (Lipinski definition) is 5. The summed E-state index contributed by atoms with van der Waals surface area (Å²) >= 11 is 0. The molecule has 0 heterocycles. The number of carbonyl (C=O) groups excluding carboxylic acids is 2.